The summed E-state index contributed by atoms with van der Waals surface area (Å²) in [6.45, 7) is 7.97. The van der Waals surface area contributed by atoms with E-state index in [0.29, 0.717) is 34.2 Å². The summed E-state index contributed by atoms with van der Waals surface area (Å²) in [6, 6.07) is -6.55. The summed E-state index contributed by atoms with van der Waals surface area (Å²) in [6.07, 6.45) is 17.0. The summed E-state index contributed by atoms with van der Waals surface area (Å²) in [7, 11) is 2.14. The van der Waals surface area contributed by atoms with E-state index in [1.165, 1.54) is 131 Å². The molecule has 0 aromatic carbocycles. The molecule has 26 heteroatoms. The number of H-pyrrole nitrogens is 6. The van der Waals surface area contributed by atoms with Crippen LogP contribution in [0.3, 0.4) is 0 Å². The molecule has 0 saturated carbocycles. The molecule has 25 nitrogen and oxygen atoms in total. The van der Waals surface area contributed by atoms with Crippen LogP contribution in [0, 0.1) is 0 Å². The van der Waals surface area contributed by atoms with E-state index in [1.807, 2.05) is 0 Å². The van der Waals surface area contributed by atoms with Gasteiger partial charge < -0.3 is 34.4 Å². The second-order valence-corrected chi connectivity index (χ2v) is 16.6. The first kappa shape index (κ1) is 50.8. The monoisotopic (exact) mass is 956 g/mol. The summed E-state index contributed by atoms with van der Waals surface area (Å²) in [5.41, 5.74) is 7.19. The molecule has 0 fully saturated rings. The predicted molar refractivity (Wildman–Crippen MR) is 244 cm³/mol. The molecule has 0 saturated heterocycles. The first-order valence-corrected chi connectivity index (χ1v) is 22.0. The van der Waals surface area contributed by atoms with Crippen LogP contribution < -0.4 is 10.9 Å². The van der Waals surface area contributed by atoms with Crippen LogP contribution in [0.1, 0.15) is 75.7 Å². The lowest BCUT2D eigenvalue weighted by atomic mass is 10.0. The number of nitrogens with one attached hydrogen (secondary N) is 8. The molecule has 6 aromatic heterocycles. The van der Waals surface area contributed by atoms with Crippen LogP contribution in [0.25, 0.3) is 0 Å². The molecular formula is C42H57N18O7P. The Kier molecular flexibility index (Phi) is 17.5. The van der Waals surface area contributed by atoms with Crippen LogP contribution in [0.15, 0.2) is 75.1 Å². The number of nitrogens with zero attached hydrogens (tertiary/aromatic N) is 10. The summed E-state index contributed by atoms with van der Waals surface area (Å²) in [5, 5.41) is 5.23. The van der Waals surface area contributed by atoms with E-state index in [4.69, 9.17) is 4.52 Å². The standard InChI is InChI=1S/C42H57N18O7P/c1-25(61)37(7-31-13-43-19-49-31)55-57(39(27(3)63)9-33-15-45-21-51-33)58(40(28(4)64)10-34-16-46-22-52-34)59(41(29(5)65)11-35-17-47-23-53-35)60(56-38(26(2)62)8-32-14-44-20-50-32)42(67-68,30(6)66)12-36-18-48-24-54-36/h13-24,37-41,55-56H,7-12,68H2,1-6H3,(H,43,49)(H,44,50)(H,45,51)(H,46,52)(H,47,53)(H,48,54)/t37-,38-,39-,40-,41-,42+/m0/s1. The van der Waals surface area contributed by atoms with Gasteiger partial charge in [-0.15, -0.1) is 15.4 Å². The maximum absolute atomic E-state index is 14.9. The number of carbonyl (C=O) groups excluding carboxylic acids is 6. The highest BCUT2D eigenvalue weighted by atomic mass is 31.0. The Morgan fingerprint density at radius 3 is 1.16 bits per heavy atom. The average Bonchev–Trinajstić information content (AvgIpc) is 4.14. The number of aromatic nitrogens is 12. The lowest BCUT2D eigenvalue weighted by molar-refractivity contribution is -0.375. The highest BCUT2D eigenvalue weighted by Crippen LogP contribution is 2.33. The largest absolute Gasteiger partial charge is 0.348 e. The van der Waals surface area contributed by atoms with Gasteiger partial charge in [-0.1, -0.05) is 0 Å². The third-order valence-corrected chi connectivity index (χ3v) is 11.8. The molecule has 0 radical (unpaired) electrons. The number of Topliss-reactive ketones (excluding diaryl/α,β-unsaturated/α-hetero) is 6. The Labute approximate surface area is 393 Å². The van der Waals surface area contributed by atoms with Crippen LogP contribution >= 0.6 is 9.47 Å². The molecule has 0 aliphatic heterocycles. The number of imidazole rings is 6. The van der Waals surface area contributed by atoms with E-state index in [0.717, 1.165) is 0 Å². The van der Waals surface area contributed by atoms with E-state index >= 15 is 0 Å². The minimum Gasteiger partial charge on any atom is -0.348 e. The van der Waals surface area contributed by atoms with Crippen LogP contribution in [-0.4, -0.2) is 151 Å². The van der Waals surface area contributed by atoms with E-state index in [1.54, 1.807) is 6.20 Å². The number of hydrogen-bond donors (Lipinski definition) is 8. The van der Waals surface area contributed by atoms with Crippen molar-refractivity contribution in [2.45, 2.75) is 116 Å². The van der Waals surface area contributed by atoms with Crippen LogP contribution in [0.2, 0.25) is 0 Å². The van der Waals surface area contributed by atoms with Gasteiger partial charge in [-0.2, -0.15) is 5.12 Å². The lowest BCUT2D eigenvalue weighted by Gasteiger charge is -2.56. The maximum atomic E-state index is 14.9. The highest BCUT2D eigenvalue weighted by Gasteiger charge is 2.55. The van der Waals surface area contributed by atoms with Gasteiger partial charge >= 0.3 is 0 Å². The van der Waals surface area contributed by atoms with Crippen molar-refractivity contribution in [3.05, 3.63) is 109 Å². The van der Waals surface area contributed by atoms with Gasteiger partial charge in [-0.25, -0.2) is 40.8 Å². The molecule has 7 atom stereocenters. The number of rotatable bonds is 30. The molecule has 8 N–H and O–H groups in total. The second kappa shape index (κ2) is 23.4. The summed E-state index contributed by atoms with van der Waals surface area (Å²) in [5.74, 6) is -2.95. The summed E-state index contributed by atoms with van der Waals surface area (Å²) < 4.78 is 6.32. The Hall–Kier alpha value is -6.57. The van der Waals surface area contributed by atoms with Crippen molar-refractivity contribution in [1.82, 2.24) is 91.1 Å². The van der Waals surface area contributed by atoms with Gasteiger partial charge in [0.2, 0.25) is 5.72 Å². The van der Waals surface area contributed by atoms with Crippen molar-refractivity contribution in [3.8, 4) is 0 Å². The van der Waals surface area contributed by atoms with E-state index in [2.05, 4.69) is 80.1 Å². The van der Waals surface area contributed by atoms with E-state index < -0.39 is 64.9 Å². The van der Waals surface area contributed by atoms with E-state index in [-0.39, 0.29) is 44.3 Å². The van der Waals surface area contributed by atoms with E-state index in [9.17, 15) is 28.8 Å². The molecular weight excluding hydrogens is 900 g/mol. The number of aromatic amines is 6. The van der Waals surface area contributed by atoms with Crippen molar-refractivity contribution < 1.29 is 33.3 Å². The molecule has 6 aromatic rings. The van der Waals surface area contributed by atoms with Gasteiger partial charge in [-0.05, 0) is 41.5 Å². The zero-order valence-electron chi connectivity index (χ0n) is 38.5. The van der Waals surface area contributed by atoms with Crippen LogP contribution in [0.5, 0.6) is 0 Å². The average molecular weight is 957 g/mol. The van der Waals surface area contributed by atoms with Crippen molar-refractivity contribution in [2.75, 3.05) is 0 Å². The molecule has 0 aliphatic rings. The Bertz CT molecular complexity index is 2520. The van der Waals surface area contributed by atoms with Crippen LogP contribution in [0.4, 0.5) is 0 Å². The fraction of sp³-hybridized carbons (Fsp3) is 0.429. The minimum absolute atomic E-state index is 0.00833. The molecule has 6 heterocycles. The van der Waals surface area contributed by atoms with Gasteiger partial charge in [0.15, 0.2) is 5.78 Å². The zero-order chi connectivity index (χ0) is 49.0. The maximum Gasteiger partial charge on any atom is 0.216 e. The van der Waals surface area contributed by atoms with Crippen molar-refractivity contribution in [3.63, 3.8) is 0 Å². The third-order valence-electron chi connectivity index (χ3n) is 11.4. The third kappa shape index (κ3) is 12.5. The molecule has 0 amide bonds. The van der Waals surface area contributed by atoms with Crippen LogP contribution in [-0.2, 0) is 71.8 Å². The zero-order valence-corrected chi connectivity index (χ0v) is 39.6. The normalized spacial score (nSPS) is 15.0. The molecule has 0 aliphatic carbocycles. The Morgan fingerprint density at radius 2 is 0.838 bits per heavy atom. The van der Waals surface area contributed by atoms with Crippen molar-refractivity contribution >= 4 is 44.2 Å². The molecule has 68 heavy (non-hydrogen) atoms. The number of hydrogen-bond acceptors (Lipinski definition) is 19. The topological polar surface area (TPSA) is 321 Å². The number of carbonyl (C=O) groups is 6. The fourth-order valence-corrected chi connectivity index (χ4v) is 7.99. The molecule has 362 valence electrons. The highest BCUT2D eigenvalue weighted by molar-refractivity contribution is 7.10. The number of ketones is 6. The smallest absolute Gasteiger partial charge is 0.216 e. The minimum atomic E-state index is -2.26. The van der Waals surface area contributed by atoms with Gasteiger partial charge in [0.05, 0.1) is 50.0 Å². The first-order valence-electron chi connectivity index (χ1n) is 21.6. The van der Waals surface area contributed by atoms with Gasteiger partial charge in [0, 0.05) is 119 Å². The number of hydrazine groups is 5. The van der Waals surface area contributed by atoms with Crippen molar-refractivity contribution in [2.24, 2.45) is 0 Å². The first-order chi connectivity index (χ1) is 32.6. The summed E-state index contributed by atoms with van der Waals surface area (Å²) in [4.78, 5) is 130. The molecule has 1 unspecified atom stereocenters. The van der Waals surface area contributed by atoms with Crippen molar-refractivity contribution in [1.29, 1.82) is 0 Å². The SMILES string of the molecule is CC(=O)[C@H](Cc1cnc[nH]1)NN([C@@H](Cc1cnc[nH]1)C(C)=O)N([C@@H](Cc1cnc[nH]1)C(C)=O)N([C@@H](Cc1cnc[nH]1)C(C)=O)N(N[C@@H](Cc1cnc[nH]1)C(C)=O)[C@](Cc1cnc[nH]1)(OP)C(C)=O. The Balaban J connectivity index is 1.75. The predicted octanol–water partition coefficient (Wildman–Crippen LogP) is 0.623. The second-order valence-electron chi connectivity index (χ2n) is 16.4. The molecule has 0 bridgehead atoms. The van der Waals surface area contributed by atoms with Gasteiger partial charge in [-0.3, -0.25) is 28.8 Å². The fourth-order valence-electron chi connectivity index (χ4n) is 7.64. The molecule has 6 rings (SSSR count). The van der Waals surface area contributed by atoms with Gasteiger partial charge in [0.25, 0.3) is 0 Å². The molecule has 0 spiro atoms. The summed E-state index contributed by atoms with van der Waals surface area (Å²) >= 11 is 0. The lowest BCUT2D eigenvalue weighted by Crippen LogP contribution is -2.81. The van der Waals surface area contributed by atoms with Gasteiger partial charge in [0.1, 0.15) is 47.0 Å². The quantitative estimate of drug-likeness (QED) is 0.0174. The Morgan fingerprint density at radius 1 is 0.500 bits per heavy atom.